The molecule has 2 aliphatic rings. The number of β-amino-alcohol motifs (C(OH)–C–C–N with tert-alkyl or cyclic N) is 1. The van der Waals surface area contributed by atoms with Crippen molar-refractivity contribution in [2.45, 2.75) is 32.4 Å². The number of aliphatic hydroxyl groups excluding tert-OH is 2. The van der Waals surface area contributed by atoms with Crippen LogP contribution in [0.4, 0.5) is 16.1 Å². The number of thiazole rings is 1. The van der Waals surface area contributed by atoms with Crippen molar-refractivity contribution >= 4 is 49.6 Å². The van der Waals surface area contributed by atoms with E-state index < -0.39 is 6.10 Å². The summed E-state index contributed by atoms with van der Waals surface area (Å²) in [5.74, 6) is 0.787. The van der Waals surface area contributed by atoms with E-state index in [9.17, 15) is 20.3 Å². The second-order valence-corrected chi connectivity index (χ2v) is 12.6. The molecule has 2 aliphatic heterocycles. The lowest BCUT2D eigenvalue weighted by Gasteiger charge is -2.42. The van der Waals surface area contributed by atoms with Crippen molar-refractivity contribution in [1.29, 1.82) is 5.26 Å². The minimum Gasteiger partial charge on any atom is -0.395 e. The molecule has 0 saturated carbocycles. The molecule has 6 rings (SSSR count). The summed E-state index contributed by atoms with van der Waals surface area (Å²) in [5.41, 5.74) is 3.60. The van der Waals surface area contributed by atoms with E-state index in [-0.39, 0.29) is 25.1 Å². The van der Waals surface area contributed by atoms with Gasteiger partial charge >= 0.3 is 0 Å². The van der Waals surface area contributed by atoms with Gasteiger partial charge in [0.15, 0.2) is 10.9 Å². The number of benzene rings is 1. The van der Waals surface area contributed by atoms with E-state index >= 15 is 0 Å². The van der Waals surface area contributed by atoms with Crippen LogP contribution in [-0.4, -0.2) is 111 Å². The van der Waals surface area contributed by atoms with Crippen LogP contribution in [-0.2, 0) is 11.2 Å². The number of anilines is 3. The first-order chi connectivity index (χ1) is 20.3. The molecule has 42 heavy (non-hydrogen) atoms. The topological polar surface area (TPSA) is 137 Å². The number of piperazine rings is 1. The molecule has 2 N–H and O–H groups in total. The van der Waals surface area contributed by atoms with Crippen LogP contribution in [0.15, 0.2) is 24.3 Å². The van der Waals surface area contributed by atoms with E-state index in [1.54, 1.807) is 4.90 Å². The van der Waals surface area contributed by atoms with Gasteiger partial charge in [-0.3, -0.25) is 9.69 Å². The minimum absolute atomic E-state index is 0.0213. The van der Waals surface area contributed by atoms with E-state index in [2.05, 4.69) is 17.9 Å². The second-order valence-electron chi connectivity index (χ2n) is 10.7. The Morgan fingerprint density at radius 1 is 1.17 bits per heavy atom. The Balaban J connectivity index is 1.24. The van der Waals surface area contributed by atoms with Crippen molar-refractivity contribution in [3.63, 3.8) is 0 Å². The van der Waals surface area contributed by atoms with Gasteiger partial charge in [-0.2, -0.15) is 9.78 Å². The molecule has 14 heteroatoms. The highest BCUT2D eigenvalue weighted by atomic mass is 32.1. The zero-order valence-corrected chi connectivity index (χ0v) is 25.4. The first-order valence-electron chi connectivity index (χ1n) is 13.9. The number of aromatic nitrogens is 4. The number of nitriles is 1. The Hall–Kier alpha value is -3.61. The zero-order valence-electron chi connectivity index (χ0n) is 23.8. The maximum Gasteiger partial charge on any atom is 0.236 e. The summed E-state index contributed by atoms with van der Waals surface area (Å²) in [7, 11) is 1.93. The maximum atomic E-state index is 12.6. The molecule has 0 radical (unpaired) electrons. The van der Waals surface area contributed by atoms with E-state index in [0.29, 0.717) is 54.8 Å². The molecular weight excluding hydrogens is 575 g/mol. The molecule has 1 aromatic carbocycles. The third-order valence-corrected chi connectivity index (χ3v) is 9.87. The van der Waals surface area contributed by atoms with Gasteiger partial charge in [0, 0.05) is 45.3 Å². The van der Waals surface area contributed by atoms with Crippen molar-refractivity contribution in [1.82, 2.24) is 29.4 Å². The largest absolute Gasteiger partial charge is 0.395 e. The summed E-state index contributed by atoms with van der Waals surface area (Å²) < 4.78 is 1.84. The highest BCUT2D eigenvalue weighted by Gasteiger charge is 2.34. The average Bonchev–Trinajstić information content (AvgIpc) is 3.68. The summed E-state index contributed by atoms with van der Waals surface area (Å²) in [4.78, 5) is 31.4. The fourth-order valence-electron chi connectivity index (χ4n) is 5.38. The number of rotatable bonds is 8. The fraction of sp³-hybridized carbons (Fsp3) is 0.464. The number of aryl methyl sites for hydroxylation is 2. The molecule has 2 fully saturated rings. The normalized spacial score (nSPS) is 18.0. The number of nitrogens with zero attached hydrogens (tertiary/aromatic N) is 9. The predicted octanol–water partition coefficient (Wildman–Crippen LogP) is 2.11. The number of likely N-dealkylation sites (tertiary alicyclic amines) is 1. The monoisotopic (exact) mass is 607 g/mol. The lowest BCUT2D eigenvalue weighted by atomic mass is 10.1. The van der Waals surface area contributed by atoms with Crippen LogP contribution in [0.1, 0.15) is 23.1 Å². The van der Waals surface area contributed by atoms with E-state index in [1.165, 1.54) is 22.7 Å². The number of hydrogen-bond acceptors (Lipinski definition) is 12. The summed E-state index contributed by atoms with van der Waals surface area (Å²) in [6, 6.07) is 10.1. The van der Waals surface area contributed by atoms with Crippen LogP contribution in [0.2, 0.25) is 0 Å². The number of imidazole rings is 1. The van der Waals surface area contributed by atoms with E-state index in [0.717, 1.165) is 32.7 Å². The molecule has 5 heterocycles. The van der Waals surface area contributed by atoms with Gasteiger partial charge in [0.05, 0.1) is 31.0 Å². The van der Waals surface area contributed by atoms with Gasteiger partial charge in [0.1, 0.15) is 16.6 Å². The third-order valence-electron chi connectivity index (χ3n) is 7.86. The fourth-order valence-corrected chi connectivity index (χ4v) is 7.18. The standard InChI is InChI=1S/C28H33N9O3S2/c1-4-21-25(33(3)26-31-24(22(11-29)41-26)18-7-5-17(2)6-8-18)37-27(30-21)42-28(32-37)35-10-9-34(19(12-35)16-38)15-23(40)36-13-20(39)14-36/h5-8,19-20,38-39H,4,9-10,12-16H2,1-3H3/t19-/m0/s1. The Morgan fingerprint density at radius 2 is 1.93 bits per heavy atom. The lowest BCUT2D eigenvalue weighted by Crippen LogP contribution is -2.60. The van der Waals surface area contributed by atoms with Gasteiger partial charge in [-0.1, -0.05) is 59.4 Å². The Morgan fingerprint density at radius 3 is 2.60 bits per heavy atom. The van der Waals surface area contributed by atoms with E-state index in [4.69, 9.17) is 15.1 Å². The number of amides is 1. The van der Waals surface area contributed by atoms with Crippen molar-refractivity contribution in [2.24, 2.45) is 0 Å². The van der Waals surface area contributed by atoms with Crippen molar-refractivity contribution < 1.29 is 15.0 Å². The number of aliphatic hydroxyl groups is 2. The molecular formula is C28H33N9O3S2. The van der Waals surface area contributed by atoms with Crippen LogP contribution in [0.3, 0.4) is 0 Å². The van der Waals surface area contributed by atoms with Gasteiger partial charge in [0.2, 0.25) is 16.0 Å². The van der Waals surface area contributed by atoms with Gasteiger partial charge in [-0.25, -0.2) is 9.97 Å². The molecule has 0 aliphatic carbocycles. The first-order valence-corrected chi connectivity index (χ1v) is 15.6. The summed E-state index contributed by atoms with van der Waals surface area (Å²) in [5, 5.41) is 35.9. The highest BCUT2D eigenvalue weighted by Crippen LogP contribution is 2.38. The maximum absolute atomic E-state index is 12.6. The third kappa shape index (κ3) is 5.23. The average molecular weight is 608 g/mol. The number of fused-ring (bicyclic) bond motifs is 1. The molecule has 3 aromatic heterocycles. The Bertz CT molecular complexity index is 1630. The smallest absolute Gasteiger partial charge is 0.236 e. The number of carbonyl (C=O) groups excluding carboxylic acids is 1. The van der Waals surface area contributed by atoms with Gasteiger partial charge in [-0.15, -0.1) is 5.10 Å². The molecule has 1 amide bonds. The molecule has 12 nitrogen and oxygen atoms in total. The highest BCUT2D eigenvalue weighted by molar-refractivity contribution is 7.20. The van der Waals surface area contributed by atoms with Crippen molar-refractivity contribution in [3.05, 3.63) is 40.4 Å². The molecule has 2 saturated heterocycles. The number of carbonyl (C=O) groups is 1. The molecule has 0 bridgehead atoms. The molecule has 0 spiro atoms. The molecule has 0 unspecified atom stereocenters. The first kappa shape index (κ1) is 28.5. The van der Waals surface area contributed by atoms with Gasteiger partial charge in [-0.05, 0) is 13.3 Å². The summed E-state index contributed by atoms with van der Waals surface area (Å²) >= 11 is 2.83. The van der Waals surface area contributed by atoms with Crippen LogP contribution in [0, 0.1) is 18.3 Å². The number of hydrogen-bond donors (Lipinski definition) is 2. The Kier molecular flexibility index (Phi) is 7.86. The van der Waals surface area contributed by atoms with Crippen LogP contribution >= 0.6 is 22.7 Å². The van der Waals surface area contributed by atoms with Crippen LogP contribution < -0.4 is 9.80 Å². The molecule has 4 aromatic rings. The van der Waals surface area contributed by atoms with Crippen LogP contribution in [0.5, 0.6) is 0 Å². The lowest BCUT2D eigenvalue weighted by molar-refractivity contribution is -0.143. The van der Waals surface area contributed by atoms with E-state index in [1.807, 2.05) is 52.6 Å². The van der Waals surface area contributed by atoms with Crippen molar-refractivity contribution in [2.75, 3.05) is 62.7 Å². The van der Waals surface area contributed by atoms with Crippen molar-refractivity contribution in [3.8, 4) is 17.3 Å². The SMILES string of the molecule is CCc1nc2sc(N3CCN(CC(=O)N4CC(O)C4)[C@H](CO)C3)nn2c1N(C)c1nc(-c2ccc(C)cc2)c(C#N)s1. The molecule has 220 valence electrons. The predicted molar refractivity (Wildman–Crippen MR) is 163 cm³/mol. The second kappa shape index (κ2) is 11.6. The van der Waals surface area contributed by atoms with Crippen LogP contribution in [0.25, 0.3) is 16.2 Å². The molecule has 1 atom stereocenters. The van der Waals surface area contributed by atoms with Gasteiger partial charge < -0.3 is 24.9 Å². The summed E-state index contributed by atoms with van der Waals surface area (Å²) in [6.45, 7) is 6.80. The van der Waals surface area contributed by atoms with Gasteiger partial charge in [0.25, 0.3) is 0 Å². The quantitative estimate of drug-likeness (QED) is 0.306. The zero-order chi connectivity index (χ0) is 29.5. The summed E-state index contributed by atoms with van der Waals surface area (Å²) in [6.07, 6.45) is 0.277. The minimum atomic E-state index is -0.431. The Labute approximate surface area is 251 Å².